The summed E-state index contributed by atoms with van der Waals surface area (Å²) in [5.74, 6) is 0.00467. The molecule has 0 bridgehead atoms. The lowest BCUT2D eigenvalue weighted by atomic mass is 10.1. The molecule has 146 valence electrons. The average molecular weight is 400 g/mol. The predicted octanol–water partition coefficient (Wildman–Crippen LogP) is 5.24. The van der Waals surface area contributed by atoms with Crippen LogP contribution in [0.5, 0.6) is 0 Å². The molecular formula is C18H10F6N2O2. The first-order valence-electron chi connectivity index (χ1n) is 7.67. The number of aromatic nitrogens is 2. The van der Waals surface area contributed by atoms with E-state index in [1.807, 2.05) is 0 Å². The Kier molecular flexibility index (Phi) is 4.88. The summed E-state index contributed by atoms with van der Waals surface area (Å²) >= 11 is 0. The standard InChI is InChI=1S/C18H10F6N2O2/c19-17(20,21)13-4-2-1-3-12(13)14-8-7-11(28-14)6-5-10-9-15(18(22,23)24)26-16(27)25-10/h1-9H,(H,25,26,27). The predicted molar refractivity (Wildman–Crippen MR) is 87.9 cm³/mol. The van der Waals surface area contributed by atoms with E-state index in [0.717, 1.165) is 12.1 Å². The Labute approximate surface area is 153 Å². The fourth-order valence-electron chi connectivity index (χ4n) is 2.41. The van der Waals surface area contributed by atoms with Gasteiger partial charge in [-0.25, -0.2) is 4.79 Å². The Morgan fingerprint density at radius 3 is 2.32 bits per heavy atom. The Morgan fingerprint density at radius 1 is 0.929 bits per heavy atom. The van der Waals surface area contributed by atoms with Gasteiger partial charge in [-0.15, -0.1) is 0 Å². The van der Waals surface area contributed by atoms with Gasteiger partial charge in [-0.2, -0.15) is 31.3 Å². The van der Waals surface area contributed by atoms with Crippen molar-refractivity contribution in [1.29, 1.82) is 0 Å². The summed E-state index contributed by atoms with van der Waals surface area (Å²) in [5, 5.41) is 0. The molecule has 10 heteroatoms. The van der Waals surface area contributed by atoms with E-state index in [2.05, 4.69) is 4.98 Å². The van der Waals surface area contributed by atoms with Gasteiger partial charge in [0.25, 0.3) is 0 Å². The molecule has 0 unspecified atom stereocenters. The number of hydrogen-bond acceptors (Lipinski definition) is 3. The van der Waals surface area contributed by atoms with E-state index in [1.54, 1.807) is 4.98 Å². The van der Waals surface area contributed by atoms with Crippen molar-refractivity contribution in [3.63, 3.8) is 0 Å². The van der Waals surface area contributed by atoms with Crippen molar-refractivity contribution in [3.8, 4) is 11.3 Å². The van der Waals surface area contributed by atoms with Gasteiger partial charge in [0.1, 0.15) is 17.2 Å². The third-order valence-electron chi connectivity index (χ3n) is 3.61. The highest BCUT2D eigenvalue weighted by atomic mass is 19.4. The molecule has 28 heavy (non-hydrogen) atoms. The Bertz CT molecular complexity index is 1080. The van der Waals surface area contributed by atoms with Gasteiger partial charge in [-0.1, -0.05) is 18.2 Å². The summed E-state index contributed by atoms with van der Waals surface area (Å²) in [6, 6.07) is 8.08. The Hall–Kier alpha value is -3.30. The molecular weight excluding hydrogens is 390 g/mol. The summed E-state index contributed by atoms with van der Waals surface area (Å²) < 4.78 is 82.7. The maximum Gasteiger partial charge on any atom is 0.431 e. The van der Waals surface area contributed by atoms with Crippen LogP contribution in [0.15, 0.2) is 51.7 Å². The second-order valence-electron chi connectivity index (χ2n) is 5.60. The number of hydrogen-bond donors (Lipinski definition) is 1. The van der Waals surface area contributed by atoms with E-state index in [-0.39, 0.29) is 22.8 Å². The Balaban J connectivity index is 1.91. The van der Waals surface area contributed by atoms with Gasteiger partial charge in [0.15, 0.2) is 0 Å². The molecule has 1 N–H and O–H groups in total. The largest absolute Gasteiger partial charge is 0.457 e. The smallest absolute Gasteiger partial charge is 0.431 e. The van der Waals surface area contributed by atoms with Crippen LogP contribution in [-0.2, 0) is 12.4 Å². The van der Waals surface area contributed by atoms with Crippen molar-refractivity contribution in [2.45, 2.75) is 12.4 Å². The van der Waals surface area contributed by atoms with E-state index in [9.17, 15) is 31.1 Å². The van der Waals surface area contributed by atoms with Crippen LogP contribution in [0.25, 0.3) is 23.5 Å². The molecule has 3 rings (SSSR count). The van der Waals surface area contributed by atoms with Gasteiger partial charge < -0.3 is 9.40 Å². The minimum atomic E-state index is -4.76. The summed E-state index contributed by atoms with van der Waals surface area (Å²) in [5.41, 5.74) is -3.81. The normalized spacial score (nSPS) is 12.6. The molecule has 3 aromatic rings. The van der Waals surface area contributed by atoms with E-state index >= 15 is 0 Å². The highest BCUT2D eigenvalue weighted by molar-refractivity contribution is 5.69. The van der Waals surface area contributed by atoms with E-state index in [0.29, 0.717) is 6.07 Å². The molecule has 0 aliphatic heterocycles. The second-order valence-corrected chi connectivity index (χ2v) is 5.60. The molecule has 1 aromatic carbocycles. The van der Waals surface area contributed by atoms with Crippen LogP contribution in [0.2, 0.25) is 0 Å². The number of furan rings is 1. The lowest BCUT2D eigenvalue weighted by molar-refractivity contribution is -0.141. The average Bonchev–Trinajstić information content (AvgIpc) is 3.07. The molecule has 0 spiro atoms. The van der Waals surface area contributed by atoms with Crippen LogP contribution in [0.4, 0.5) is 26.3 Å². The number of H-pyrrole nitrogens is 1. The van der Waals surface area contributed by atoms with Crippen molar-refractivity contribution in [2.75, 3.05) is 0 Å². The number of aromatic amines is 1. The first-order valence-corrected chi connectivity index (χ1v) is 7.67. The van der Waals surface area contributed by atoms with Crippen molar-refractivity contribution < 1.29 is 30.8 Å². The molecule has 0 saturated carbocycles. The van der Waals surface area contributed by atoms with Gasteiger partial charge in [0.2, 0.25) is 0 Å². The van der Waals surface area contributed by atoms with Crippen LogP contribution >= 0.6 is 0 Å². The molecule has 0 fully saturated rings. The van der Waals surface area contributed by atoms with Crippen molar-refractivity contribution in [2.24, 2.45) is 0 Å². The van der Waals surface area contributed by atoms with Crippen molar-refractivity contribution in [1.82, 2.24) is 9.97 Å². The minimum Gasteiger partial charge on any atom is -0.457 e. The number of alkyl halides is 6. The zero-order chi connectivity index (χ0) is 20.5. The van der Waals surface area contributed by atoms with Gasteiger partial charge >= 0.3 is 18.0 Å². The first-order chi connectivity index (χ1) is 13.0. The lowest BCUT2D eigenvalue weighted by Gasteiger charge is -2.10. The quantitative estimate of drug-likeness (QED) is 0.612. The number of halogens is 6. The number of nitrogens with zero attached hydrogens (tertiary/aromatic N) is 1. The van der Waals surface area contributed by atoms with E-state index in [4.69, 9.17) is 4.42 Å². The molecule has 2 heterocycles. The SMILES string of the molecule is O=c1nc(C=Cc2ccc(-c3ccccc3C(F)(F)F)o2)cc(C(F)(F)F)[nH]1. The van der Waals surface area contributed by atoms with Gasteiger partial charge in [0.05, 0.1) is 11.3 Å². The third-order valence-corrected chi connectivity index (χ3v) is 3.61. The highest BCUT2D eigenvalue weighted by Gasteiger charge is 2.34. The first kappa shape index (κ1) is 19.5. The zero-order valence-corrected chi connectivity index (χ0v) is 13.7. The minimum absolute atomic E-state index is 0.0672. The Morgan fingerprint density at radius 2 is 1.64 bits per heavy atom. The number of rotatable bonds is 3. The number of nitrogens with one attached hydrogen (secondary N) is 1. The summed E-state index contributed by atoms with van der Waals surface area (Å²) in [7, 11) is 0. The van der Waals surface area contributed by atoms with Crippen LogP contribution in [0, 0.1) is 0 Å². The second kappa shape index (κ2) is 7.02. The highest BCUT2D eigenvalue weighted by Crippen LogP contribution is 2.37. The van der Waals surface area contributed by atoms with Crippen LogP contribution < -0.4 is 5.69 Å². The maximum absolute atomic E-state index is 13.1. The number of benzene rings is 1. The van der Waals surface area contributed by atoms with Crippen molar-refractivity contribution in [3.05, 3.63) is 75.7 Å². The molecule has 4 nitrogen and oxygen atoms in total. The maximum atomic E-state index is 13.1. The fraction of sp³-hybridized carbons (Fsp3) is 0.111. The topological polar surface area (TPSA) is 58.9 Å². The van der Waals surface area contributed by atoms with Crippen molar-refractivity contribution >= 4 is 12.2 Å². The summed E-state index contributed by atoms with van der Waals surface area (Å²) in [4.78, 5) is 16.2. The van der Waals surface area contributed by atoms with Gasteiger partial charge in [-0.05, 0) is 36.4 Å². The van der Waals surface area contributed by atoms with E-state index < -0.39 is 29.3 Å². The monoisotopic (exact) mass is 400 g/mol. The molecule has 0 saturated heterocycles. The van der Waals surface area contributed by atoms with E-state index in [1.165, 1.54) is 36.4 Å². The molecule has 0 radical (unpaired) electrons. The lowest BCUT2D eigenvalue weighted by Crippen LogP contribution is -2.19. The third kappa shape index (κ3) is 4.33. The van der Waals surface area contributed by atoms with Crippen LogP contribution in [-0.4, -0.2) is 9.97 Å². The summed E-state index contributed by atoms with van der Waals surface area (Å²) in [6.45, 7) is 0. The molecule has 0 amide bonds. The molecule has 0 aliphatic rings. The zero-order valence-electron chi connectivity index (χ0n) is 13.7. The van der Waals surface area contributed by atoms with Crippen LogP contribution in [0.1, 0.15) is 22.7 Å². The summed E-state index contributed by atoms with van der Waals surface area (Å²) in [6.07, 6.45) is -7.06. The van der Waals surface area contributed by atoms with Crippen LogP contribution in [0.3, 0.4) is 0 Å². The molecule has 0 aliphatic carbocycles. The molecule has 2 aromatic heterocycles. The molecule has 0 atom stereocenters. The van der Waals surface area contributed by atoms with Gasteiger partial charge in [-0.3, -0.25) is 0 Å². The van der Waals surface area contributed by atoms with Gasteiger partial charge in [0, 0.05) is 5.56 Å². The fourth-order valence-corrected chi connectivity index (χ4v) is 2.41.